The van der Waals surface area contributed by atoms with Gasteiger partial charge in [-0.3, -0.25) is 4.98 Å². The van der Waals surface area contributed by atoms with Gasteiger partial charge in [0.15, 0.2) is 5.69 Å². The van der Waals surface area contributed by atoms with Crippen LogP contribution in [-0.2, 0) is 25.6 Å². The molecule has 2 heterocycles. The summed E-state index contributed by atoms with van der Waals surface area (Å²) in [6.07, 6.45) is -0.215. The summed E-state index contributed by atoms with van der Waals surface area (Å²) in [5, 5.41) is 3.81. The van der Waals surface area contributed by atoms with Crippen molar-refractivity contribution in [2.45, 2.75) is 38.4 Å². The van der Waals surface area contributed by atoms with Crippen LogP contribution in [0.4, 0.5) is 13.2 Å². The zero-order chi connectivity index (χ0) is 15.0. The van der Waals surface area contributed by atoms with Crippen molar-refractivity contribution in [1.82, 2.24) is 14.8 Å². The summed E-state index contributed by atoms with van der Waals surface area (Å²) in [6, 6.07) is 3.41. The number of fused-ring (bicyclic) bond motifs is 1. The van der Waals surface area contributed by atoms with E-state index in [1.165, 1.54) is 10.9 Å². The summed E-state index contributed by atoms with van der Waals surface area (Å²) in [7, 11) is 0. The maximum atomic E-state index is 13.1. The van der Waals surface area contributed by atoms with Crippen molar-refractivity contribution in [3.05, 3.63) is 41.0 Å². The molecule has 1 aliphatic rings. The molecule has 0 unspecified atom stereocenters. The molecule has 2 aromatic rings. The molecule has 3 rings (SSSR count). The quantitative estimate of drug-likeness (QED) is 0.927. The first-order valence-corrected chi connectivity index (χ1v) is 6.84. The standard InChI is InChI=1S/C14H15F3N4/c15-14(16,17)13-11-3-1-2-4-12(11)21(20-13)10-6-5-9(7-18)19-8-10/h5-6,8H,1-4,7,18H2. The van der Waals surface area contributed by atoms with E-state index in [1.807, 2.05) is 0 Å². The molecule has 0 fully saturated rings. The van der Waals surface area contributed by atoms with E-state index in [0.29, 0.717) is 42.0 Å². The Morgan fingerprint density at radius 3 is 2.57 bits per heavy atom. The van der Waals surface area contributed by atoms with Crippen LogP contribution in [0.15, 0.2) is 18.3 Å². The van der Waals surface area contributed by atoms with Crippen LogP contribution in [0.5, 0.6) is 0 Å². The first kappa shape index (κ1) is 14.1. The predicted molar refractivity (Wildman–Crippen MR) is 70.9 cm³/mol. The zero-order valence-electron chi connectivity index (χ0n) is 11.3. The van der Waals surface area contributed by atoms with Crippen molar-refractivity contribution in [1.29, 1.82) is 0 Å². The van der Waals surface area contributed by atoms with Gasteiger partial charge in [-0.05, 0) is 37.8 Å². The Labute approximate surface area is 119 Å². The molecule has 0 atom stereocenters. The second-order valence-corrected chi connectivity index (χ2v) is 5.10. The molecule has 4 nitrogen and oxygen atoms in total. The van der Waals surface area contributed by atoms with Gasteiger partial charge in [-0.15, -0.1) is 0 Å². The Morgan fingerprint density at radius 1 is 1.19 bits per heavy atom. The monoisotopic (exact) mass is 296 g/mol. The molecule has 0 amide bonds. The Balaban J connectivity index is 2.11. The van der Waals surface area contributed by atoms with E-state index in [-0.39, 0.29) is 0 Å². The molecule has 0 aliphatic heterocycles. The Bertz CT molecular complexity index is 643. The highest BCUT2D eigenvalue weighted by Gasteiger charge is 2.39. The number of rotatable bonds is 2. The van der Waals surface area contributed by atoms with Crippen molar-refractivity contribution in [2.24, 2.45) is 5.73 Å². The van der Waals surface area contributed by atoms with E-state index in [4.69, 9.17) is 5.73 Å². The molecule has 0 aromatic carbocycles. The maximum Gasteiger partial charge on any atom is 0.435 e. The molecule has 0 bridgehead atoms. The van der Waals surface area contributed by atoms with Crippen molar-refractivity contribution in [3.8, 4) is 5.69 Å². The fourth-order valence-corrected chi connectivity index (χ4v) is 2.70. The molecule has 2 N–H and O–H groups in total. The predicted octanol–water partition coefficient (Wildman–Crippen LogP) is 2.62. The van der Waals surface area contributed by atoms with Crippen LogP contribution in [0.1, 0.15) is 35.5 Å². The zero-order valence-corrected chi connectivity index (χ0v) is 11.3. The molecule has 0 radical (unpaired) electrons. The van der Waals surface area contributed by atoms with Crippen LogP contribution in [-0.4, -0.2) is 14.8 Å². The summed E-state index contributed by atoms with van der Waals surface area (Å²) in [6.45, 7) is 0.297. The van der Waals surface area contributed by atoms with Crippen LogP contribution < -0.4 is 5.73 Å². The van der Waals surface area contributed by atoms with Gasteiger partial charge < -0.3 is 5.73 Å². The topological polar surface area (TPSA) is 56.7 Å². The second-order valence-electron chi connectivity index (χ2n) is 5.10. The van der Waals surface area contributed by atoms with Gasteiger partial charge in [-0.25, -0.2) is 4.68 Å². The highest BCUT2D eigenvalue weighted by molar-refractivity contribution is 5.39. The van der Waals surface area contributed by atoms with E-state index >= 15 is 0 Å². The largest absolute Gasteiger partial charge is 0.435 e. The van der Waals surface area contributed by atoms with Crippen molar-refractivity contribution >= 4 is 0 Å². The van der Waals surface area contributed by atoms with Gasteiger partial charge in [0.1, 0.15) is 0 Å². The van der Waals surface area contributed by atoms with Crippen LogP contribution in [0.2, 0.25) is 0 Å². The normalized spacial score (nSPS) is 15.0. The number of nitrogens with zero attached hydrogens (tertiary/aromatic N) is 3. The van der Waals surface area contributed by atoms with E-state index < -0.39 is 11.9 Å². The van der Waals surface area contributed by atoms with Gasteiger partial charge in [-0.1, -0.05) is 0 Å². The smallest absolute Gasteiger partial charge is 0.325 e. The van der Waals surface area contributed by atoms with E-state index in [1.54, 1.807) is 12.1 Å². The van der Waals surface area contributed by atoms with E-state index in [2.05, 4.69) is 10.1 Å². The molecule has 0 spiro atoms. The fraction of sp³-hybridized carbons (Fsp3) is 0.429. The average Bonchev–Trinajstić information content (AvgIpc) is 2.87. The number of hydrogen-bond donors (Lipinski definition) is 1. The second kappa shape index (κ2) is 5.14. The van der Waals surface area contributed by atoms with Crippen LogP contribution in [0.3, 0.4) is 0 Å². The summed E-state index contributed by atoms with van der Waals surface area (Å²) >= 11 is 0. The van der Waals surface area contributed by atoms with Crippen molar-refractivity contribution in [3.63, 3.8) is 0 Å². The number of nitrogens with two attached hydrogens (primary N) is 1. The van der Waals surface area contributed by atoms with Gasteiger partial charge in [0, 0.05) is 17.8 Å². The lowest BCUT2D eigenvalue weighted by Crippen LogP contribution is -2.11. The van der Waals surface area contributed by atoms with Gasteiger partial charge in [-0.2, -0.15) is 18.3 Å². The summed E-state index contributed by atoms with van der Waals surface area (Å²) in [5.74, 6) is 0. The van der Waals surface area contributed by atoms with E-state index in [0.717, 1.165) is 12.8 Å². The highest BCUT2D eigenvalue weighted by atomic mass is 19.4. The lowest BCUT2D eigenvalue weighted by atomic mass is 9.95. The minimum Gasteiger partial charge on any atom is -0.325 e. The third-order valence-corrected chi connectivity index (χ3v) is 3.71. The SMILES string of the molecule is NCc1ccc(-n2nc(C(F)(F)F)c3c2CCCC3)cn1. The maximum absolute atomic E-state index is 13.1. The molecular formula is C14H15F3N4. The lowest BCUT2D eigenvalue weighted by molar-refractivity contribution is -0.142. The van der Waals surface area contributed by atoms with Crippen LogP contribution in [0, 0.1) is 0 Å². The molecule has 0 saturated carbocycles. The fourth-order valence-electron chi connectivity index (χ4n) is 2.70. The first-order valence-electron chi connectivity index (χ1n) is 6.84. The van der Waals surface area contributed by atoms with Gasteiger partial charge in [0.2, 0.25) is 0 Å². The minimum absolute atomic E-state index is 0.297. The minimum atomic E-state index is -4.42. The number of alkyl halides is 3. The number of aromatic nitrogens is 3. The van der Waals surface area contributed by atoms with E-state index in [9.17, 15) is 13.2 Å². The third kappa shape index (κ3) is 2.53. The molecule has 112 valence electrons. The average molecular weight is 296 g/mol. The molecule has 0 saturated heterocycles. The van der Waals surface area contributed by atoms with Crippen molar-refractivity contribution in [2.75, 3.05) is 0 Å². The molecular weight excluding hydrogens is 281 g/mol. The summed E-state index contributed by atoms with van der Waals surface area (Å²) < 4.78 is 40.7. The highest BCUT2D eigenvalue weighted by Crippen LogP contribution is 2.36. The molecule has 1 aliphatic carbocycles. The lowest BCUT2D eigenvalue weighted by Gasteiger charge is -2.14. The number of pyridine rings is 1. The van der Waals surface area contributed by atoms with Crippen LogP contribution >= 0.6 is 0 Å². The summed E-state index contributed by atoms with van der Waals surface area (Å²) in [4.78, 5) is 4.13. The van der Waals surface area contributed by atoms with Gasteiger partial charge in [0.25, 0.3) is 0 Å². The van der Waals surface area contributed by atoms with Gasteiger partial charge >= 0.3 is 6.18 Å². The first-order chi connectivity index (χ1) is 10.0. The van der Waals surface area contributed by atoms with Crippen LogP contribution in [0.25, 0.3) is 5.69 Å². The molecule has 21 heavy (non-hydrogen) atoms. The number of hydrogen-bond acceptors (Lipinski definition) is 3. The Hall–Kier alpha value is -1.89. The molecule has 7 heteroatoms. The number of halogens is 3. The van der Waals surface area contributed by atoms with Gasteiger partial charge in [0.05, 0.1) is 17.6 Å². The Morgan fingerprint density at radius 2 is 1.95 bits per heavy atom. The molecule has 2 aromatic heterocycles. The third-order valence-electron chi connectivity index (χ3n) is 3.71. The summed E-state index contributed by atoms with van der Waals surface area (Å²) in [5.41, 5.74) is 6.93. The Kier molecular flexibility index (Phi) is 3.44. The van der Waals surface area contributed by atoms with Crippen molar-refractivity contribution < 1.29 is 13.2 Å².